The lowest BCUT2D eigenvalue weighted by Gasteiger charge is -2.11. The molecule has 0 saturated heterocycles. The molecule has 0 aromatic heterocycles. The topological polar surface area (TPSA) is 99.3 Å². The molecular weight excluding hydrogens is 435 g/mol. The number of anilines is 3. The third-order valence-corrected chi connectivity index (χ3v) is 5.81. The Morgan fingerprint density at radius 1 is 0.794 bits per heavy atom. The molecule has 0 radical (unpaired) electrons. The second-order valence-corrected chi connectivity index (χ2v) is 8.16. The van der Waals surface area contributed by atoms with Crippen molar-refractivity contribution >= 4 is 40.5 Å². The van der Waals surface area contributed by atoms with Gasteiger partial charge in [0.2, 0.25) is 0 Å². The van der Waals surface area contributed by atoms with Crippen LogP contribution in [0.5, 0.6) is 0 Å². The molecule has 34 heavy (non-hydrogen) atoms. The number of rotatable bonds is 5. The Balaban J connectivity index is 1.34. The first-order valence-electron chi connectivity index (χ1n) is 10.9. The molecular formula is C26H21FN4O3. The molecule has 4 amide bonds. The largest absolute Gasteiger partial charge is 0.350 e. The van der Waals surface area contributed by atoms with E-state index in [1.807, 2.05) is 12.1 Å². The molecule has 0 saturated carbocycles. The average molecular weight is 456 g/mol. The Morgan fingerprint density at radius 3 is 2.32 bits per heavy atom. The van der Waals surface area contributed by atoms with E-state index in [2.05, 4.69) is 27.3 Å². The highest BCUT2D eigenvalue weighted by Gasteiger charge is 2.31. The van der Waals surface area contributed by atoms with Crippen LogP contribution in [0.3, 0.4) is 0 Å². The van der Waals surface area contributed by atoms with E-state index >= 15 is 0 Å². The van der Waals surface area contributed by atoms with Crippen molar-refractivity contribution in [3.8, 4) is 0 Å². The molecule has 4 N–H and O–H groups in total. The number of halogens is 1. The van der Waals surface area contributed by atoms with E-state index in [4.69, 9.17) is 0 Å². The summed E-state index contributed by atoms with van der Waals surface area (Å²) in [6.07, 6.45) is 3.18. The monoisotopic (exact) mass is 456 g/mol. The molecule has 7 nitrogen and oxygen atoms in total. The maximum Gasteiger partial charge on any atom is 0.323 e. The zero-order chi connectivity index (χ0) is 23.7. The molecule has 0 unspecified atom stereocenters. The molecule has 8 heteroatoms. The predicted molar refractivity (Wildman–Crippen MR) is 128 cm³/mol. The van der Waals surface area contributed by atoms with Crippen LogP contribution in [0.1, 0.15) is 23.1 Å². The normalized spacial score (nSPS) is 14.6. The van der Waals surface area contributed by atoms with Gasteiger partial charge in [0.05, 0.1) is 5.57 Å². The zero-order valence-electron chi connectivity index (χ0n) is 18.1. The van der Waals surface area contributed by atoms with E-state index in [0.717, 1.165) is 24.9 Å². The average Bonchev–Trinajstić information content (AvgIpc) is 3.38. The van der Waals surface area contributed by atoms with Crippen molar-refractivity contribution in [3.63, 3.8) is 0 Å². The number of urea groups is 1. The van der Waals surface area contributed by atoms with Crippen LogP contribution >= 0.6 is 0 Å². The second kappa shape index (κ2) is 8.82. The van der Waals surface area contributed by atoms with Gasteiger partial charge < -0.3 is 16.0 Å². The molecule has 0 bridgehead atoms. The van der Waals surface area contributed by atoms with Crippen molar-refractivity contribution < 1.29 is 18.8 Å². The van der Waals surface area contributed by atoms with Crippen LogP contribution in [0, 0.1) is 5.82 Å². The first-order chi connectivity index (χ1) is 16.5. The SMILES string of the molecule is O=C(Nc1ccc(C2=C(Nc3ccc4c(c3)CCC4)C(=O)NC2=O)cc1)Nc1cccc(F)c1. The predicted octanol–water partition coefficient (Wildman–Crippen LogP) is 4.44. The molecule has 1 aliphatic heterocycles. The lowest BCUT2D eigenvalue weighted by atomic mass is 10.0. The van der Waals surface area contributed by atoms with Gasteiger partial charge in [-0.05, 0) is 78.4 Å². The molecule has 0 spiro atoms. The van der Waals surface area contributed by atoms with Gasteiger partial charge in [-0.1, -0.05) is 24.3 Å². The van der Waals surface area contributed by atoms with Crippen LogP contribution in [-0.4, -0.2) is 17.8 Å². The Labute approximate surface area is 195 Å². The number of imide groups is 1. The van der Waals surface area contributed by atoms with Crippen LogP contribution in [0.4, 0.5) is 26.2 Å². The van der Waals surface area contributed by atoms with Gasteiger partial charge in [0.25, 0.3) is 11.8 Å². The lowest BCUT2D eigenvalue weighted by molar-refractivity contribution is -0.123. The highest BCUT2D eigenvalue weighted by Crippen LogP contribution is 2.29. The van der Waals surface area contributed by atoms with Gasteiger partial charge >= 0.3 is 6.03 Å². The van der Waals surface area contributed by atoms with Crippen LogP contribution in [0.25, 0.3) is 5.57 Å². The summed E-state index contributed by atoms with van der Waals surface area (Å²) in [5, 5.41) is 10.7. The van der Waals surface area contributed by atoms with Crippen LogP contribution in [0.15, 0.2) is 72.4 Å². The number of nitrogens with one attached hydrogen (secondary N) is 4. The summed E-state index contributed by atoms with van der Waals surface area (Å²) >= 11 is 0. The smallest absolute Gasteiger partial charge is 0.323 e. The number of benzene rings is 3. The molecule has 1 aliphatic carbocycles. The Bertz CT molecular complexity index is 1350. The Morgan fingerprint density at radius 2 is 1.53 bits per heavy atom. The summed E-state index contributed by atoms with van der Waals surface area (Å²) in [7, 11) is 0. The number of hydrogen-bond acceptors (Lipinski definition) is 4. The summed E-state index contributed by atoms with van der Waals surface area (Å²) in [5.74, 6) is -1.43. The van der Waals surface area contributed by atoms with Gasteiger partial charge in [0.1, 0.15) is 11.5 Å². The summed E-state index contributed by atoms with van der Waals surface area (Å²) in [4.78, 5) is 37.2. The van der Waals surface area contributed by atoms with E-state index in [1.54, 1.807) is 30.3 Å². The van der Waals surface area contributed by atoms with Crippen molar-refractivity contribution in [3.05, 3.63) is 94.9 Å². The van der Waals surface area contributed by atoms with Crippen molar-refractivity contribution in [2.75, 3.05) is 16.0 Å². The first kappa shape index (κ1) is 21.4. The minimum atomic E-state index is -0.537. The Kier molecular flexibility index (Phi) is 5.55. The highest BCUT2D eigenvalue weighted by molar-refractivity contribution is 6.36. The molecule has 170 valence electrons. The highest BCUT2D eigenvalue weighted by atomic mass is 19.1. The maximum atomic E-state index is 13.3. The second-order valence-electron chi connectivity index (χ2n) is 8.16. The fourth-order valence-corrected chi connectivity index (χ4v) is 4.22. The number of fused-ring (bicyclic) bond motifs is 1. The van der Waals surface area contributed by atoms with Crippen molar-refractivity contribution in [2.45, 2.75) is 19.3 Å². The van der Waals surface area contributed by atoms with Crippen LogP contribution < -0.4 is 21.3 Å². The van der Waals surface area contributed by atoms with Crippen LogP contribution in [0.2, 0.25) is 0 Å². The summed E-state index contributed by atoms with van der Waals surface area (Å²) in [6, 6.07) is 17.5. The van der Waals surface area contributed by atoms with Crippen molar-refractivity contribution in [1.29, 1.82) is 0 Å². The molecule has 2 aliphatic rings. The van der Waals surface area contributed by atoms with Gasteiger partial charge in [0.15, 0.2) is 0 Å². The number of carbonyl (C=O) groups excluding carboxylic acids is 3. The van der Waals surface area contributed by atoms with Gasteiger partial charge in [-0.25, -0.2) is 9.18 Å². The van der Waals surface area contributed by atoms with E-state index in [-0.39, 0.29) is 11.3 Å². The molecule has 0 fully saturated rings. The van der Waals surface area contributed by atoms with Gasteiger partial charge in [-0.15, -0.1) is 0 Å². The molecule has 5 rings (SSSR count). The summed E-state index contributed by atoms with van der Waals surface area (Å²) in [6.45, 7) is 0. The number of amides is 4. The minimum absolute atomic E-state index is 0.188. The third-order valence-electron chi connectivity index (χ3n) is 5.81. The minimum Gasteiger partial charge on any atom is -0.350 e. The molecule has 3 aromatic rings. The lowest BCUT2D eigenvalue weighted by Crippen LogP contribution is -2.24. The van der Waals surface area contributed by atoms with Gasteiger partial charge in [0, 0.05) is 17.1 Å². The molecule has 1 heterocycles. The van der Waals surface area contributed by atoms with Crippen LogP contribution in [-0.2, 0) is 22.4 Å². The van der Waals surface area contributed by atoms with E-state index in [9.17, 15) is 18.8 Å². The van der Waals surface area contributed by atoms with E-state index < -0.39 is 23.7 Å². The summed E-state index contributed by atoms with van der Waals surface area (Å²) < 4.78 is 13.3. The number of carbonyl (C=O) groups is 3. The van der Waals surface area contributed by atoms with Gasteiger partial charge in [-0.2, -0.15) is 0 Å². The third kappa shape index (κ3) is 4.38. The van der Waals surface area contributed by atoms with E-state index in [0.29, 0.717) is 16.9 Å². The Hall–Kier alpha value is -4.46. The number of aryl methyl sites for hydroxylation is 2. The van der Waals surface area contributed by atoms with Crippen molar-refractivity contribution in [1.82, 2.24) is 5.32 Å². The molecule has 0 atom stereocenters. The standard InChI is InChI=1S/C26H21FN4O3/c27-18-5-2-6-20(14-18)30-26(34)29-19-10-8-16(9-11-19)22-23(25(33)31-24(22)32)28-21-12-7-15-3-1-4-17(15)13-21/h2,5-14H,1,3-4H2,(H2,29,30,34)(H2,28,31,32,33). The fourth-order valence-electron chi connectivity index (χ4n) is 4.22. The quantitative estimate of drug-likeness (QED) is 0.427. The number of hydrogen-bond donors (Lipinski definition) is 4. The molecule has 3 aromatic carbocycles. The maximum absolute atomic E-state index is 13.3. The first-order valence-corrected chi connectivity index (χ1v) is 10.9. The van der Waals surface area contributed by atoms with Gasteiger partial charge in [-0.3, -0.25) is 14.9 Å². The zero-order valence-corrected chi connectivity index (χ0v) is 18.1. The van der Waals surface area contributed by atoms with E-state index in [1.165, 1.54) is 29.3 Å². The fraction of sp³-hybridized carbons (Fsp3) is 0.115. The summed E-state index contributed by atoms with van der Waals surface area (Å²) in [5.41, 5.74) is 5.07. The van der Waals surface area contributed by atoms with Crippen molar-refractivity contribution in [2.24, 2.45) is 0 Å².